The summed E-state index contributed by atoms with van der Waals surface area (Å²) in [6, 6.07) is 11.7. The van der Waals surface area contributed by atoms with Crippen molar-refractivity contribution >= 4 is 17.3 Å². The molecule has 6 N–H and O–H groups in total. The second-order valence-corrected chi connectivity index (χ2v) is 6.64. The maximum Gasteiger partial charge on any atom is 0.224 e. The average molecular weight is 373 g/mol. The van der Waals surface area contributed by atoms with Crippen LogP contribution in [-0.2, 0) is 9.53 Å². The number of hydrogen-bond donors (Lipinski definition) is 3. The van der Waals surface area contributed by atoms with Crippen molar-refractivity contribution in [1.29, 1.82) is 0 Å². The largest absolute Gasteiger partial charge is 0.834 e. The maximum absolute atomic E-state index is 11.6. The summed E-state index contributed by atoms with van der Waals surface area (Å²) < 4.78 is 4.73. The van der Waals surface area contributed by atoms with Crippen molar-refractivity contribution in [3.8, 4) is 0 Å². The topological polar surface area (TPSA) is 115 Å². The molecule has 0 fully saturated rings. The number of rotatable bonds is 6. The molecule has 0 heterocycles. The van der Waals surface area contributed by atoms with Gasteiger partial charge < -0.3 is 26.6 Å². The average Bonchev–Trinajstić information content (AvgIpc) is 2.61. The number of carbonyl (C=O) groups excluding carboxylic acids is 1. The van der Waals surface area contributed by atoms with Crippen molar-refractivity contribution < 1.29 is 20.4 Å². The van der Waals surface area contributed by atoms with Gasteiger partial charge in [0, 0.05) is 24.2 Å². The van der Waals surface area contributed by atoms with E-state index in [1.54, 1.807) is 0 Å². The van der Waals surface area contributed by atoms with Crippen LogP contribution in [0.2, 0.25) is 0 Å². The Hall–Kier alpha value is -2.41. The van der Waals surface area contributed by atoms with Crippen molar-refractivity contribution in [2.24, 2.45) is 0 Å². The van der Waals surface area contributed by atoms with Crippen LogP contribution < -0.4 is 21.9 Å². The fourth-order valence-corrected chi connectivity index (χ4v) is 2.28. The zero-order valence-electron chi connectivity index (χ0n) is 16.7. The van der Waals surface area contributed by atoms with Crippen LogP contribution in [0.5, 0.6) is 0 Å². The Balaban J connectivity index is 0.000000337. The summed E-state index contributed by atoms with van der Waals surface area (Å²) in [4.78, 5) is 11.6. The van der Waals surface area contributed by atoms with Gasteiger partial charge in [0.2, 0.25) is 5.91 Å². The molecule has 0 aliphatic rings. The molecule has 0 spiro atoms. The number of quaternary nitrogens is 1. The predicted octanol–water partition coefficient (Wildman–Crippen LogP) is 1.81. The molecule has 1 atom stereocenters. The fourth-order valence-electron chi connectivity index (χ4n) is 2.28. The van der Waals surface area contributed by atoms with Crippen LogP contribution in [-0.4, -0.2) is 18.9 Å². The van der Waals surface area contributed by atoms with Crippen molar-refractivity contribution in [3.05, 3.63) is 58.7 Å². The van der Waals surface area contributed by atoms with E-state index in [2.05, 4.69) is 24.9 Å². The molecule has 0 aromatic heterocycles. The van der Waals surface area contributed by atoms with Gasteiger partial charge in [-0.1, -0.05) is 12.1 Å². The monoisotopic (exact) mass is 373 g/mol. The number of aryl methyl sites for hydroxylation is 4. The van der Waals surface area contributed by atoms with Gasteiger partial charge in [-0.25, -0.2) is 0 Å². The molecular formula is C21H31N3O3. The van der Waals surface area contributed by atoms with E-state index < -0.39 is 13.0 Å². The lowest BCUT2D eigenvalue weighted by atomic mass is 10.1. The molecular weight excluding hydrogens is 342 g/mol. The van der Waals surface area contributed by atoms with E-state index in [1.165, 1.54) is 16.7 Å². The summed E-state index contributed by atoms with van der Waals surface area (Å²) >= 11 is 0. The van der Waals surface area contributed by atoms with Crippen LogP contribution in [0.25, 0.3) is 0 Å². The highest BCUT2D eigenvalue weighted by atomic mass is 16.6. The molecule has 0 saturated heterocycles. The molecule has 2 aromatic rings. The number of ether oxygens (including phenoxy) is 1. The van der Waals surface area contributed by atoms with E-state index in [9.17, 15) is 9.90 Å². The second-order valence-electron chi connectivity index (χ2n) is 6.64. The number of nitrogens with one attached hydrogen (secondary N) is 1. The third kappa shape index (κ3) is 8.68. The van der Waals surface area contributed by atoms with Gasteiger partial charge >= 0.3 is 0 Å². The van der Waals surface area contributed by atoms with Crippen LogP contribution in [0, 0.1) is 27.7 Å². The quantitative estimate of drug-likeness (QED) is 0.529. The highest BCUT2D eigenvalue weighted by molar-refractivity contribution is 5.90. The molecule has 1 amide bonds. The molecule has 0 aliphatic heterocycles. The molecule has 0 aliphatic carbocycles. The molecule has 1 unspecified atom stereocenters. The number of hydrogen-bond acceptors (Lipinski definition) is 4. The minimum absolute atomic E-state index is 0.0959. The lowest BCUT2D eigenvalue weighted by Crippen LogP contribution is -2.62. The third-order valence-electron chi connectivity index (χ3n) is 4.32. The van der Waals surface area contributed by atoms with Crippen LogP contribution >= 0.6 is 0 Å². The number of amides is 1. The van der Waals surface area contributed by atoms with Gasteiger partial charge in [-0.05, 0) is 81.0 Å². The first-order chi connectivity index (χ1) is 12.7. The normalized spacial score (nSPS) is 11.3. The first kappa shape index (κ1) is 22.6. The highest BCUT2D eigenvalue weighted by Crippen LogP contribution is 2.14. The van der Waals surface area contributed by atoms with Crippen LogP contribution in [0.1, 0.15) is 35.1 Å². The summed E-state index contributed by atoms with van der Waals surface area (Å²) in [5, 5.41) is 13.0. The van der Waals surface area contributed by atoms with Crippen molar-refractivity contribution in [1.82, 2.24) is 0 Å². The SMILES string of the molecule is Cc1ccc(N)cc1C.Cc1ccc(NC(=O)CCC([NH3+])OC[O-])cc1C. The zero-order chi connectivity index (χ0) is 20.4. The molecule has 148 valence electrons. The molecule has 27 heavy (non-hydrogen) atoms. The lowest BCUT2D eigenvalue weighted by molar-refractivity contribution is -0.542. The van der Waals surface area contributed by atoms with Gasteiger partial charge in [0.1, 0.15) is 0 Å². The number of nitrogens with two attached hydrogens (primary N) is 1. The van der Waals surface area contributed by atoms with Crippen LogP contribution in [0.15, 0.2) is 36.4 Å². The first-order valence-corrected chi connectivity index (χ1v) is 8.95. The Bertz CT molecular complexity index is 747. The van der Waals surface area contributed by atoms with Crippen molar-refractivity contribution in [2.75, 3.05) is 17.8 Å². The molecule has 2 rings (SSSR count). The summed E-state index contributed by atoms with van der Waals surface area (Å²) in [5.74, 6) is -0.0959. The minimum atomic E-state index is -0.618. The maximum atomic E-state index is 11.6. The second kappa shape index (κ2) is 11.3. The first-order valence-electron chi connectivity index (χ1n) is 8.95. The summed E-state index contributed by atoms with van der Waals surface area (Å²) in [5.41, 5.74) is 15.7. The Morgan fingerprint density at radius 1 is 1.07 bits per heavy atom. The third-order valence-corrected chi connectivity index (χ3v) is 4.32. The van der Waals surface area contributed by atoms with Crippen LogP contribution in [0.3, 0.4) is 0 Å². The number of carbonyl (C=O) groups is 1. The van der Waals surface area contributed by atoms with Crippen molar-refractivity contribution in [2.45, 2.75) is 46.8 Å². The van der Waals surface area contributed by atoms with E-state index in [1.807, 2.05) is 50.2 Å². The van der Waals surface area contributed by atoms with Gasteiger partial charge in [0.15, 0.2) is 6.23 Å². The summed E-state index contributed by atoms with van der Waals surface area (Å²) in [6.45, 7) is 7.54. The predicted molar refractivity (Wildman–Crippen MR) is 107 cm³/mol. The smallest absolute Gasteiger partial charge is 0.224 e. The van der Waals surface area contributed by atoms with E-state index in [4.69, 9.17) is 10.5 Å². The Morgan fingerprint density at radius 3 is 2.19 bits per heavy atom. The van der Waals surface area contributed by atoms with Gasteiger partial charge in [0.25, 0.3) is 0 Å². The Labute approximate surface area is 161 Å². The zero-order valence-corrected chi connectivity index (χ0v) is 16.7. The lowest BCUT2D eigenvalue weighted by Gasteiger charge is -2.12. The molecule has 0 radical (unpaired) electrons. The molecule has 6 nitrogen and oxygen atoms in total. The highest BCUT2D eigenvalue weighted by Gasteiger charge is 2.09. The van der Waals surface area contributed by atoms with Crippen molar-refractivity contribution in [3.63, 3.8) is 0 Å². The summed E-state index contributed by atoms with van der Waals surface area (Å²) in [7, 11) is 0. The summed E-state index contributed by atoms with van der Waals surface area (Å²) in [6.07, 6.45) is 0.313. The van der Waals surface area contributed by atoms with Gasteiger partial charge in [-0.2, -0.15) is 0 Å². The Kier molecular flexibility index (Phi) is 9.50. The van der Waals surface area contributed by atoms with Gasteiger partial charge in [0.05, 0.1) is 0 Å². The van der Waals surface area contributed by atoms with E-state index >= 15 is 0 Å². The van der Waals surface area contributed by atoms with Gasteiger partial charge in [-0.3, -0.25) is 4.79 Å². The molecule has 6 heteroatoms. The van der Waals surface area contributed by atoms with E-state index in [0.717, 1.165) is 16.9 Å². The Morgan fingerprint density at radius 2 is 1.67 bits per heavy atom. The molecule has 0 saturated carbocycles. The van der Waals surface area contributed by atoms with Gasteiger partial charge in [-0.15, -0.1) is 0 Å². The standard InChI is InChI=1S/C13H19N2O3.C8H11N/c1-9-3-4-11(7-10(9)2)15-13(17)6-5-12(14)18-8-16;1-6-3-4-8(9)5-7(6)2/h3-4,7,12H,5-6,8,14H2,1-2H3,(H,15,17);3-5H,9H2,1-2H3/q-1;/p+1. The molecule has 2 aromatic carbocycles. The van der Waals surface area contributed by atoms with E-state index in [-0.39, 0.29) is 5.91 Å². The number of benzene rings is 2. The van der Waals surface area contributed by atoms with Crippen LogP contribution in [0.4, 0.5) is 11.4 Å². The minimum Gasteiger partial charge on any atom is -0.834 e. The molecule has 0 bridgehead atoms. The van der Waals surface area contributed by atoms with E-state index in [0.29, 0.717) is 12.8 Å². The number of nitrogen functional groups attached to an aromatic ring is 1. The fraction of sp³-hybridized carbons (Fsp3) is 0.381. The number of anilines is 2.